The molecule has 0 spiro atoms. The first-order valence-electron chi connectivity index (χ1n) is 25.7. The molecule has 11 rings (SSSR count). The average Bonchev–Trinajstić information content (AvgIpc) is 4.00. The van der Waals surface area contributed by atoms with E-state index in [1.807, 2.05) is 5.57 Å². The zero-order valence-corrected chi connectivity index (χ0v) is 43.0. The van der Waals surface area contributed by atoms with E-state index in [9.17, 15) is 0 Å². The fraction of sp³-hybridized carbons (Fsp3) is 0.562. The molecule has 0 heteroatoms. The van der Waals surface area contributed by atoms with Gasteiger partial charge < -0.3 is 0 Å². The van der Waals surface area contributed by atoms with Crippen molar-refractivity contribution in [1.29, 1.82) is 0 Å². The first-order chi connectivity index (χ1) is 29.8. The Morgan fingerprint density at radius 2 is 1.06 bits per heavy atom. The molecular formula is C64H82. The molecule has 0 aromatic heterocycles. The lowest BCUT2D eigenvalue weighted by atomic mass is 9.29. The molecule has 0 radical (unpaired) electrons. The van der Waals surface area contributed by atoms with Gasteiger partial charge in [0.1, 0.15) is 0 Å². The van der Waals surface area contributed by atoms with Gasteiger partial charge in [0, 0.05) is 5.41 Å². The van der Waals surface area contributed by atoms with Crippen LogP contribution in [0, 0.1) is 72.4 Å². The van der Waals surface area contributed by atoms with Crippen LogP contribution in [0.5, 0.6) is 0 Å². The summed E-state index contributed by atoms with van der Waals surface area (Å²) in [6, 6.07) is 18.5. The second-order valence-electron chi connectivity index (χ2n) is 26.3. The number of hydrogen-bond donors (Lipinski definition) is 0. The average molecular weight is 851 g/mol. The highest BCUT2D eigenvalue weighted by molar-refractivity contribution is 5.93. The second-order valence-corrected chi connectivity index (χ2v) is 26.3. The lowest BCUT2D eigenvalue weighted by Crippen LogP contribution is -2.68. The van der Waals surface area contributed by atoms with Crippen LogP contribution in [-0.2, 0) is 12.8 Å². The molecule has 5 atom stereocenters. The highest BCUT2D eigenvalue weighted by Crippen LogP contribution is 2.81. The first-order valence-corrected chi connectivity index (χ1v) is 25.7. The monoisotopic (exact) mass is 851 g/mol. The summed E-state index contributed by atoms with van der Waals surface area (Å²) in [5.74, 6) is 2.39. The molecule has 64 heavy (non-hydrogen) atoms. The Bertz CT molecular complexity index is 2590. The largest absolute Gasteiger partial charge is 0.0842 e. The van der Waals surface area contributed by atoms with Crippen molar-refractivity contribution < 1.29 is 0 Å². The summed E-state index contributed by atoms with van der Waals surface area (Å²) < 4.78 is 0. The zero-order valence-electron chi connectivity index (χ0n) is 43.0. The van der Waals surface area contributed by atoms with Crippen LogP contribution < -0.4 is 0 Å². The van der Waals surface area contributed by atoms with Crippen LogP contribution in [0.15, 0.2) is 131 Å². The van der Waals surface area contributed by atoms with Gasteiger partial charge in [-0.1, -0.05) is 219 Å². The third-order valence-corrected chi connectivity index (χ3v) is 23.7. The second kappa shape index (κ2) is 13.7. The van der Waals surface area contributed by atoms with E-state index in [2.05, 4.69) is 208 Å². The summed E-state index contributed by atoms with van der Waals surface area (Å²) in [6.45, 7) is 41.5. The lowest BCUT2D eigenvalue weighted by Gasteiger charge is -2.75. The minimum absolute atomic E-state index is 0.0970. The van der Waals surface area contributed by atoms with E-state index < -0.39 is 0 Å². The summed E-state index contributed by atoms with van der Waals surface area (Å²) in [7, 11) is 0. The fourth-order valence-electron chi connectivity index (χ4n) is 17.2. The van der Waals surface area contributed by atoms with Gasteiger partial charge in [-0.3, -0.25) is 0 Å². The van der Waals surface area contributed by atoms with Crippen molar-refractivity contribution >= 4 is 11.1 Å². The van der Waals surface area contributed by atoms with E-state index >= 15 is 0 Å². The molecule has 9 aliphatic carbocycles. The molecule has 5 unspecified atom stereocenters. The summed E-state index contributed by atoms with van der Waals surface area (Å²) in [5.41, 5.74) is 21.1. The third kappa shape index (κ3) is 5.14. The molecule has 0 amide bonds. The van der Waals surface area contributed by atoms with Gasteiger partial charge in [-0.2, -0.15) is 0 Å². The van der Waals surface area contributed by atoms with E-state index in [0.29, 0.717) is 23.7 Å². The summed E-state index contributed by atoms with van der Waals surface area (Å²) in [5, 5.41) is 0. The first kappa shape index (κ1) is 44.2. The van der Waals surface area contributed by atoms with Crippen LogP contribution >= 0.6 is 0 Å². The topological polar surface area (TPSA) is 0 Å². The molecule has 0 aliphatic heterocycles. The van der Waals surface area contributed by atoms with Gasteiger partial charge in [-0.25, -0.2) is 0 Å². The standard InChI is InChI=1S/C35H44.C29H38/c1-31(2)32(3,4)34(7,22-23-15-9-10-16-23)30-27-21-24-17-11-12-18-25(24)29(27)26-19-13-14-20-28(26)35(30,8)33(31,5)6;1-26(2)24-21-16-12-11-15-20(21)23-19-14-10-9-13-18(19)17-22(23)25(24)27(3,4)29(7,8)28(26,5)6/h9-13,15-19,23,28H,14,20-22H2,1-8H3;9-11,13-15,21,24H,12,16-17H2,1-8H3. The molecular weight excluding hydrogens is 769 g/mol. The highest BCUT2D eigenvalue weighted by Gasteiger charge is 2.73. The third-order valence-electron chi connectivity index (χ3n) is 23.7. The Hall–Kier alpha value is -3.64. The van der Waals surface area contributed by atoms with Crippen LogP contribution in [0.25, 0.3) is 11.1 Å². The van der Waals surface area contributed by atoms with Crippen molar-refractivity contribution in [2.24, 2.45) is 72.4 Å². The van der Waals surface area contributed by atoms with Gasteiger partial charge in [0.15, 0.2) is 0 Å². The number of rotatable bonds is 2. The maximum atomic E-state index is 2.69. The molecule has 0 bridgehead atoms. The van der Waals surface area contributed by atoms with Crippen molar-refractivity contribution in [2.45, 2.75) is 156 Å². The van der Waals surface area contributed by atoms with Gasteiger partial charge in [0.05, 0.1) is 0 Å². The van der Waals surface area contributed by atoms with Gasteiger partial charge in [-0.15, -0.1) is 0 Å². The molecule has 0 heterocycles. The summed E-state index contributed by atoms with van der Waals surface area (Å²) >= 11 is 0. The maximum Gasteiger partial charge on any atom is 0.00208 e. The minimum atomic E-state index is 0.0970. The van der Waals surface area contributed by atoms with Gasteiger partial charge in [-0.05, 0) is 168 Å². The molecule has 2 aromatic rings. The van der Waals surface area contributed by atoms with E-state index in [1.165, 1.54) is 54.4 Å². The van der Waals surface area contributed by atoms with Crippen molar-refractivity contribution in [3.05, 3.63) is 153 Å². The van der Waals surface area contributed by atoms with Gasteiger partial charge >= 0.3 is 0 Å². The van der Waals surface area contributed by atoms with Crippen molar-refractivity contribution in [3.8, 4) is 0 Å². The maximum absolute atomic E-state index is 2.69. The van der Waals surface area contributed by atoms with Gasteiger partial charge in [0.2, 0.25) is 0 Å². The van der Waals surface area contributed by atoms with E-state index in [1.54, 1.807) is 39.0 Å². The van der Waals surface area contributed by atoms with Crippen LogP contribution in [0.4, 0.5) is 0 Å². The molecule has 2 aromatic carbocycles. The number of benzene rings is 2. The highest BCUT2D eigenvalue weighted by atomic mass is 14.8. The number of fused-ring (bicyclic) bond motifs is 12. The molecule has 338 valence electrons. The number of allylic oxidation sites excluding steroid dienone is 16. The Labute approximate surface area is 390 Å². The number of hydrogen-bond acceptors (Lipinski definition) is 0. The van der Waals surface area contributed by atoms with Crippen LogP contribution in [0.2, 0.25) is 0 Å². The Balaban J connectivity index is 0.000000154. The molecule has 0 nitrogen and oxygen atoms in total. The summed E-state index contributed by atoms with van der Waals surface area (Å²) in [6.07, 6.45) is 27.7. The predicted octanol–water partition coefficient (Wildman–Crippen LogP) is 17.5. The Kier molecular flexibility index (Phi) is 9.48. The van der Waals surface area contributed by atoms with Gasteiger partial charge in [0.25, 0.3) is 0 Å². The molecule has 2 saturated carbocycles. The van der Waals surface area contributed by atoms with E-state index in [0.717, 1.165) is 12.8 Å². The van der Waals surface area contributed by atoms with Crippen LogP contribution in [-0.4, -0.2) is 0 Å². The predicted molar refractivity (Wildman–Crippen MR) is 274 cm³/mol. The van der Waals surface area contributed by atoms with Crippen molar-refractivity contribution in [1.82, 2.24) is 0 Å². The normalized spacial score (nSPS) is 34.2. The van der Waals surface area contributed by atoms with Crippen molar-refractivity contribution in [2.75, 3.05) is 0 Å². The Morgan fingerprint density at radius 3 is 1.67 bits per heavy atom. The smallest absolute Gasteiger partial charge is 0.00208 e. The SMILES string of the molecule is CC1(C)C2=C3Cc4ccccc4C3=C3C=CCCC3C2C(C)(C)C(C)(C)C1(C)C.CC1(CC2C=CC=C2)C2=C3Cc4ccccc4C3=C3C=CCCC3C2(C)C(C)(C)C(C)(C)C1(C)C. The van der Waals surface area contributed by atoms with E-state index in [-0.39, 0.29) is 48.7 Å². The lowest BCUT2D eigenvalue weighted by molar-refractivity contribution is -0.196. The molecule has 9 aliphatic rings. The quantitative estimate of drug-likeness (QED) is 0.282. The fourth-order valence-corrected chi connectivity index (χ4v) is 17.2. The minimum Gasteiger partial charge on any atom is -0.0842 e. The Morgan fingerprint density at radius 1 is 0.531 bits per heavy atom. The summed E-state index contributed by atoms with van der Waals surface area (Å²) in [4.78, 5) is 0. The molecule has 0 saturated heterocycles. The van der Waals surface area contributed by atoms with Crippen LogP contribution in [0.1, 0.15) is 165 Å². The zero-order chi connectivity index (χ0) is 46.0. The van der Waals surface area contributed by atoms with Crippen molar-refractivity contribution in [3.63, 3.8) is 0 Å². The van der Waals surface area contributed by atoms with E-state index in [4.69, 9.17) is 0 Å². The molecule has 2 fully saturated rings. The van der Waals surface area contributed by atoms with Crippen LogP contribution in [0.3, 0.4) is 0 Å². The molecule has 0 N–H and O–H groups in total.